The summed E-state index contributed by atoms with van der Waals surface area (Å²) in [7, 11) is 0. The minimum absolute atomic E-state index is 0.169. The van der Waals surface area contributed by atoms with Crippen molar-refractivity contribution >= 4 is 0 Å². The second-order valence-electron chi connectivity index (χ2n) is 3.89. The maximum atomic E-state index is 12.9. The zero-order valence-electron chi connectivity index (χ0n) is 6.11. The molecule has 0 amide bonds. The average molecular weight is 146 g/mol. The summed E-state index contributed by atoms with van der Waals surface area (Å²) in [4.78, 5) is 0. The molecular formula is C8H12F2. The molecule has 0 aromatic heterocycles. The van der Waals surface area contributed by atoms with Crippen molar-refractivity contribution in [2.75, 3.05) is 0 Å². The van der Waals surface area contributed by atoms with E-state index in [-0.39, 0.29) is 18.3 Å². The van der Waals surface area contributed by atoms with Gasteiger partial charge in [0.2, 0.25) is 0 Å². The first-order valence-electron chi connectivity index (χ1n) is 3.97. The Bertz CT molecular complexity index is 153. The van der Waals surface area contributed by atoms with Crippen LogP contribution in [0.2, 0.25) is 0 Å². The van der Waals surface area contributed by atoms with Crippen LogP contribution in [0.25, 0.3) is 0 Å². The molecule has 0 spiro atoms. The van der Waals surface area contributed by atoms with Gasteiger partial charge in [0, 0.05) is 12.3 Å². The van der Waals surface area contributed by atoms with E-state index in [1.807, 2.05) is 6.92 Å². The number of fused-ring (bicyclic) bond motifs is 2. The third-order valence-corrected chi connectivity index (χ3v) is 3.08. The molecule has 2 heteroatoms. The van der Waals surface area contributed by atoms with Crippen LogP contribution in [-0.4, -0.2) is 5.92 Å². The van der Waals surface area contributed by atoms with Crippen LogP contribution in [0, 0.1) is 17.8 Å². The third kappa shape index (κ3) is 0.708. The standard InChI is InChI=1S/C8H12F2/c1-5-2-6-3-7(5)8(9,10)4-6/h5-7H,2-4H2,1H3/t5-,6-,7-/m0/s1. The first kappa shape index (κ1) is 6.56. The van der Waals surface area contributed by atoms with Crippen LogP contribution < -0.4 is 0 Å². The molecule has 0 heterocycles. The molecule has 0 aromatic carbocycles. The zero-order valence-corrected chi connectivity index (χ0v) is 6.11. The summed E-state index contributed by atoms with van der Waals surface area (Å²) in [6.07, 6.45) is 2.00. The van der Waals surface area contributed by atoms with Gasteiger partial charge in [0.1, 0.15) is 0 Å². The lowest BCUT2D eigenvalue weighted by molar-refractivity contribution is -0.0688. The lowest BCUT2D eigenvalue weighted by atomic mass is 9.87. The van der Waals surface area contributed by atoms with E-state index in [0.29, 0.717) is 5.92 Å². The highest BCUT2D eigenvalue weighted by atomic mass is 19.3. The molecular weight excluding hydrogens is 134 g/mol. The van der Waals surface area contributed by atoms with Gasteiger partial charge in [-0.05, 0) is 24.7 Å². The number of hydrogen-bond donors (Lipinski definition) is 0. The van der Waals surface area contributed by atoms with Gasteiger partial charge in [-0.15, -0.1) is 0 Å². The number of hydrogen-bond acceptors (Lipinski definition) is 0. The SMILES string of the molecule is C[C@H]1C[C@H]2C[C@@H]1C(F)(F)C2. The Hall–Kier alpha value is -0.140. The van der Waals surface area contributed by atoms with Gasteiger partial charge >= 0.3 is 0 Å². The topological polar surface area (TPSA) is 0 Å². The molecule has 10 heavy (non-hydrogen) atoms. The first-order valence-corrected chi connectivity index (χ1v) is 3.97. The largest absolute Gasteiger partial charge is 0.251 e. The van der Waals surface area contributed by atoms with E-state index in [9.17, 15) is 8.78 Å². The highest BCUT2D eigenvalue weighted by Gasteiger charge is 2.55. The molecule has 0 saturated heterocycles. The Labute approximate surface area is 59.6 Å². The van der Waals surface area contributed by atoms with Gasteiger partial charge < -0.3 is 0 Å². The number of rotatable bonds is 0. The molecule has 2 fully saturated rings. The molecule has 2 aliphatic rings. The van der Waals surface area contributed by atoms with E-state index < -0.39 is 5.92 Å². The van der Waals surface area contributed by atoms with Crippen molar-refractivity contribution in [2.45, 2.75) is 32.1 Å². The summed E-state index contributed by atoms with van der Waals surface area (Å²) in [5.41, 5.74) is 0. The zero-order chi connectivity index (χ0) is 7.35. The predicted octanol–water partition coefficient (Wildman–Crippen LogP) is 2.69. The van der Waals surface area contributed by atoms with Crippen molar-refractivity contribution in [3.63, 3.8) is 0 Å². The highest BCUT2D eigenvalue weighted by Crippen LogP contribution is 2.56. The predicted molar refractivity (Wildman–Crippen MR) is 34.9 cm³/mol. The quantitative estimate of drug-likeness (QED) is 0.493. The molecule has 2 bridgehead atoms. The fourth-order valence-corrected chi connectivity index (χ4v) is 2.67. The Morgan fingerprint density at radius 2 is 2.00 bits per heavy atom. The fraction of sp³-hybridized carbons (Fsp3) is 1.00. The normalized spacial score (nSPS) is 50.1. The fourth-order valence-electron chi connectivity index (χ4n) is 2.67. The lowest BCUT2D eigenvalue weighted by Crippen LogP contribution is -2.29. The molecule has 0 radical (unpaired) electrons. The van der Waals surface area contributed by atoms with Crippen molar-refractivity contribution < 1.29 is 8.78 Å². The molecule has 2 saturated carbocycles. The van der Waals surface area contributed by atoms with Crippen LogP contribution in [0.15, 0.2) is 0 Å². The van der Waals surface area contributed by atoms with Crippen LogP contribution in [0.1, 0.15) is 26.2 Å². The monoisotopic (exact) mass is 146 g/mol. The van der Waals surface area contributed by atoms with Gasteiger partial charge in [0.05, 0.1) is 0 Å². The molecule has 0 aliphatic heterocycles. The van der Waals surface area contributed by atoms with Crippen LogP contribution in [-0.2, 0) is 0 Å². The highest BCUT2D eigenvalue weighted by molar-refractivity contribution is 4.98. The number of halogens is 2. The first-order chi connectivity index (χ1) is 4.59. The summed E-state index contributed by atoms with van der Waals surface area (Å²) in [5.74, 6) is -1.98. The van der Waals surface area contributed by atoms with E-state index >= 15 is 0 Å². The lowest BCUT2D eigenvalue weighted by Gasteiger charge is -2.26. The Balaban J connectivity index is 2.20. The van der Waals surface area contributed by atoms with Gasteiger partial charge in [-0.2, -0.15) is 0 Å². The van der Waals surface area contributed by atoms with Gasteiger partial charge in [0.25, 0.3) is 5.92 Å². The van der Waals surface area contributed by atoms with Crippen LogP contribution in [0.4, 0.5) is 8.78 Å². The maximum absolute atomic E-state index is 12.9. The van der Waals surface area contributed by atoms with Crippen LogP contribution >= 0.6 is 0 Å². The van der Waals surface area contributed by atoms with Gasteiger partial charge in [0.15, 0.2) is 0 Å². The summed E-state index contributed by atoms with van der Waals surface area (Å²) in [6.45, 7) is 1.96. The van der Waals surface area contributed by atoms with Gasteiger partial charge in [-0.3, -0.25) is 0 Å². The Morgan fingerprint density at radius 3 is 2.30 bits per heavy atom. The van der Waals surface area contributed by atoms with Crippen molar-refractivity contribution in [2.24, 2.45) is 17.8 Å². The van der Waals surface area contributed by atoms with E-state index in [4.69, 9.17) is 0 Å². The average Bonchev–Trinajstić information content (AvgIpc) is 2.18. The molecule has 2 aliphatic carbocycles. The minimum atomic E-state index is -2.32. The van der Waals surface area contributed by atoms with Gasteiger partial charge in [-0.25, -0.2) is 8.78 Å². The van der Waals surface area contributed by atoms with Crippen molar-refractivity contribution in [3.8, 4) is 0 Å². The Morgan fingerprint density at radius 1 is 1.30 bits per heavy atom. The minimum Gasteiger partial charge on any atom is -0.207 e. The van der Waals surface area contributed by atoms with Crippen molar-refractivity contribution in [3.05, 3.63) is 0 Å². The third-order valence-electron chi connectivity index (χ3n) is 3.08. The van der Waals surface area contributed by atoms with E-state index in [0.717, 1.165) is 12.8 Å². The number of alkyl halides is 2. The summed E-state index contributed by atoms with van der Waals surface area (Å²) in [6, 6.07) is 0. The molecule has 0 aromatic rings. The molecule has 0 N–H and O–H groups in total. The van der Waals surface area contributed by atoms with Crippen LogP contribution in [0.5, 0.6) is 0 Å². The second-order valence-corrected chi connectivity index (χ2v) is 3.89. The molecule has 0 unspecified atom stereocenters. The second kappa shape index (κ2) is 1.72. The van der Waals surface area contributed by atoms with E-state index in [1.165, 1.54) is 0 Å². The summed E-state index contributed by atoms with van der Waals surface area (Å²) in [5, 5.41) is 0. The van der Waals surface area contributed by atoms with E-state index in [2.05, 4.69) is 0 Å². The van der Waals surface area contributed by atoms with Crippen molar-refractivity contribution in [1.82, 2.24) is 0 Å². The molecule has 0 nitrogen and oxygen atoms in total. The molecule has 58 valence electrons. The van der Waals surface area contributed by atoms with Gasteiger partial charge in [-0.1, -0.05) is 6.92 Å². The smallest absolute Gasteiger partial charge is 0.207 e. The Kier molecular flexibility index (Phi) is 1.13. The van der Waals surface area contributed by atoms with E-state index in [1.54, 1.807) is 0 Å². The van der Waals surface area contributed by atoms with Crippen molar-refractivity contribution in [1.29, 1.82) is 0 Å². The van der Waals surface area contributed by atoms with Crippen LogP contribution in [0.3, 0.4) is 0 Å². The summed E-state index contributed by atoms with van der Waals surface area (Å²) >= 11 is 0. The molecule has 3 atom stereocenters. The molecule has 2 rings (SSSR count). The summed E-state index contributed by atoms with van der Waals surface area (Å²) < 4.78 is 25.8. The maximum Gasteiger partial charge on any atom is 0.251 e.